The van der Waals surface area contributed by atoms with Gasteiger partial charge >= 0.3 is 0 Å². The van der Waals surface area contributed by atoms with Crippen LogP contribution in [0.3, 0.4) is 0 Å². The standard InChI is InChI=1S/C14H25N2OPS/c1-2-3-5-8-14(11-12-19-18(15,16)17)13-9-6-4-7-10-13/h4,6-7,9-10,14H,2-3,5,8,11-12H2,1H3,(H4,15,16,17)/t14-/m0/s1. The second-order valence-corrected chi connectivity index (χ2v) is 9.31. The van der Waals surface area contributed by atoms with E-state index in [1.165, 1.54) is 42.6 Å². The molecule has 0 spiro atoms. The summed E-state index contributed by atoms with van der Waals surface area (Å²) < 4.78 is 11.3. The first-order valence-electron chi connectivity index (χ1n) is 6.89. The van der Waals surface area contributed by atoms with E-state index in [1.54, 1.807) is 0 Å². The molecule has 4 N–H and O–H groups in total. The maximum absolute atomic E-state index is 11.3. The molecular formula is C14H25N2OPS. The van der Waals surface area contributed by atoms with E-state index >= 15 is 0 Å². The molecule has 0 aromatic heterocycles. The molecule has 0 heterocycles. The number of hydrogen-bond donors (Lipinski definition) is 2. The zero-order valence-electron chi connectivity index (χ0n) is 11.6. The van der Waals surface area contributed by atoms with Gasteiger partial charge in [0.1, 0.15) is 0 Å². The van der Waals surface area contributed by atoms with Crippen molar-refractivity contribution >= 4 is 18.0 Å². The fourth-order valence-electron chi connectivity index (χ4n) is 2.18. The van der Waals surface area contributed by atoms with E-state index in [2.05, 4.69) is 31.2 Å². The Hall–Kier alpha value is -0.280. The highest BCUT2D eigenvalue weighted by molar-refractivity contribution is 8.56. The van der Waals surface area contributed by atoms with Crippen molar-refractivity contribution in [1.29, 1.82) is 0 Å². The summed E-state index contributed by atoms with van der Waals surface area (Å²) in [6.07, 6.45) is 5.90. The summed E-state index contributed by atoms with van der Waals surface area (Å²) in [5, 5.41) is 0. The Bertz CT molecular complexity index is 394. The maximum Gasteiger partial charge on any atom is 0.261 e. The van der Waals surface area contributed by atoms with Crippen LogP contribution in [0, 0.1) is 0 Å². The van der Waals surface area contributed by atoms with E-state index in [9.17, 15) is 4.57 Å². The Morgan fingerprint density at radius 2 is 1.84 bits per heavy atom. The van der Waals surface area contributed by atoms with Crippen LogP contribution >= 0.6 is 18.0 Å². The van der Waals surface area contributed by atoms with Gasteiger partial charge in [-0.1, -0.05) is 67.9 Å². The molecule has 0 bridgehead atoms. The number of hydrogen-bond acceptors (Lipinski definition) is 2. The molecule has 19 heavy (non-hydrogen) atoms. The first-order valence-corrected chi connectivity index (χ1v) is 10.3. The van der Waals surface area contributed by atoms with Crippen molar-refractivity contribution in [1.82, 2.24) is 0 Å². The Morgan fingerprint density at radius 3 is 2.42 bits per heavy atom. The van der Waals surface area contributed by atoms with Crippen molar-refractivity contribution in [3.63, 3.8) is 0 Å². The van der Waals surface area contributed by atoms with Crippen molar-refractivity contribution in [3.8, 4) is 0 Å². The summed E-state index contributed by atoms with van der Waals surface area (Å²) in [4.78, 5) is 0. The zero-order valence-corrected chi connectivity index (χ0v) is 13.3. The third kappa shape index (κ3) is 7.78. The second-order valence-electron chi connectivity index (χ2n) is 4.87. The van der Waals surface area contributed by atoms with Crippen LogP contribution in [0.25, 0.3) is 0 Å². The van der Waals surface area contributed by atoms with Gasteiger partial charge in [0.05, 0.1) is 0 Å². The second kappa shape index (κ2) is 8.80. The van der Waals surface area contributed by atoms with Gasteiger partial charge < -0.3 is 0 Å². The molecule has 0 radical (unpaired) electrons. The fourth-order valence-corrected chi connectivity index (χ4v) is 4.03. The first-order chi connectivity index (χ1) is 9.03. The van der Waals surface area contributed by atoms with E-state index in [0.717, 1.165) is 12.2 Å². The van der Waals surface area contributed by atoms with Gasteiger partial charge in [-0.2, -0.15) is 0 Å². The molecule has 1 aromatic rings. The zero-order chi connectivity index (χ0) is 14.1. The van der Waals surface area contributed by atoms with Crippen LogP contribution < -0.4 is 11.0 Å². The summed E-state index contributed by atoms with van der Waals surface area (Å²) in [7, 11) is 0. The molecule has 3 nitrogen and oxygen atoms in total. The Morgan fingerprint density at radius 1 is 1.16 bits per heavy atom. The van der Waals surface area contributed by atoms with Crippen LogP contribution in [-0.2, 0) is 4.57 Å². The van der Waals surface area contributed by atoms with Crippen LogP contribution in [0.4, 0.5) is 0 Å². The summed E-state index contributed by atoms with van der Waals surface area (Å²) in [6.45, 7) is -0.714. The van der Waals surface area contributed by atoms with Gasteiger partial charge in [-0.3, -0.25) is 15.6 Å². The van der Waals surface area contributed by atoms with E-state index in [-0.39, 0.29) is 0 Å². The highest BCUT2D eigenvalue weighted by Crippen LogP contribution is 2.44. The highest BCUT2D eigenvalue weighted by Gasteiger charge is 2.14. The maximum atomic E-state index is 11.3. The van der Waals surface area contributed by atoms with Gasteiger partial charge in [-0.25, -0.2) is 0 Å². The van der Waals surface area contributed by atoms with Crippen molar-refractivity contribution < 1.29 is 4.57 Å². The summed E-state index contributed by atoms with van der Waals surface area (Å²) in [5.74, 6) is 1.28. The van der Waals surface area contributed by atoms with E-state index < -0.39 is 6.65 Å². The molecule has 0 fully saturated rings. The Kier molecular flexibility index (Phi) is 7.77. The fraction of sp³-hybridized carbons (Fsp3) is 0.571. The normalized spacial score (nSPS) is 13.4. The van der Waals surface area contributed by atoms with Gasteiger partial charge in [-0.15, -0.1) is 0 Å². The van der Waals surface area contributed by atoms with E-state index in [4.69, 9.17) is 11.0 Å². The molecule has 0 aliphatic heterocycles. The molecule has 1 rings (SSSR count). The molecule has 0 saturated carbocycles. The minimum atomic E-state index is -2.93. The third-order valence-electron chi connectivity index (χ3n) is 3.19. The van der Waals surface area contributed by atoms with Crippen LogP contribution in [0.2, 0.25) is 0 Å². The molecular weight excluding hydrogens is 275 g/mol. The molecule has 0 aliphatic carbocycles. The average molecular weight is 300 g/mol. The number of unbranched alkanes of at least 4 members (excludes halogenated alkanes) is 2. The van der Waals surface area contributed by atoms with Crippen molar-refractivity contribution in [2.75, 3.05) is 5.75 Å². The van der Waals surface area contributed by atoms with E-state index in [0.29, 0.717) is 5.92 Å². The highest BCUT2D eigenvalue weighted by atomic mass is 32.7. The third-order valence-corrected chi connectivity index (χ3v) is 5.77. The lowest BCUT2D eigenvalue weighted by Crippen LogP contribution is -2.04. The number of benzene rings is 1. The smallest absolute Gasteiger partial charge is 0.261 e. The molecule has 0 saturated heterocycles. The van der Waals surface area contributed by atoms with Crippen molar-refractivity contribution in [2.45, 2.75) is 44.9 Å². The van der Waals surface area contributed by atoms with E-state index in [1.807, 2.05) is 6.07 Å². The minimum Gasteiger partial charge on any atom is -0.277 e. The molecule has 0 unspecified atom stereocenters. The van der Waals surface area contributed by atoms with Crippen LogP contribution in [-0.4, -0.2) is 5.75 Å². The predicted octanol–water partition coefficient (Wildman–Crippen LogP) is 4.50. The van der Waals surface area contributed by atoms with Crippen LogP contribution in [0.1, 0.15) is 50.5 Å². The Balaban J connectivity index is 2.52. The number of nitrogens with two attached hydrogens (primary N) is 2. The lowest BCUT2D eigenvalue weighted by molar-refractivity contribution is 0.556. The summed E-state index contributed by atoms with van der Waals surface area (Å²) in [5.41, 5.74) is 12.1. The monoisotopic (exact) mass is 300 g/mol. The molecule has 5 heteroatoms. The predicted molar refractivity (Wildman–Crippen MR) is 86.4 cm³/mol. The van der Waals surface area contributed by atoms with Gasteiger partial charge in [0, 0.05) is 5.75 Å². The first kappa shape index (κ1) is 16.8. The molecule has 108 valence electrons. The van der Waals surface area contributed by atoms with Crippen LogP contribution in [0.5, 0.6) is 0 Å². The van der Waals surface area contributed by atoms with Gasteiger partial charge in [-0.05, 0) is 24.3 Å². The molecule has 0 aliphatic rings. The Labute approximate surface area is 120 Å². The van der Waals surface area contributed by atoms with Gasteiger partial charge in [0.15, 0.2) is 0 Å². The summed E-state index contributed by atoms with van der Waals surface area (Å²) in [6, 6.07) is 10.5. The van der Waals surface area contributed by atoms with Crippen molar-refractivity contribution in [2.24, 2.45) is 11.0 Å². The molecule has 1 aromatic carbocycles. The minimum absolute atomic E-state index is 0.520. The molecule has 0 amide bonds. The topological polar surface area (TPSA) is 69.1 Å². The molecule has 1 atom stereocenters. The van der Waals surface area contributed by atoms with Crippen molar-refractivity contribution in [3.05, 3.63) is 35.9 Å². The SMILES string of the molecule is CCCCC[C@@H](CCSP(N)(N)=O)c1ccccc1. The largest absolute Gasteiger partial charge is 0.277 e. The quantitative estimate of drug-likeness (QED) is 0.520. The lowest BCUT2D eigenvalue weighted by Gasteiger charge is -2.17. The van der Waals surface area contributed by atoms with Gasteiger partial charge in [0.2, 0.25) is 0 Å². The average Bonchev–Trinajstić information content (AvgIpc) is 2.37. The lowest BCUT2D eigenvalue weighted by atomic mass is 9.91. The van der Waals surface area contributed by atoms with Crippen LogP contribution in [0.15, 0.2) is 30.3 Å². The number of rotatable bonds is 9. The van der Waals surface area contributed by atoms with Gasteiger partial charge in [0.25, 0.3) is 6.65 Å². The summed E-state index contributed by atoms with van der Waals surface area (Å²) >= 11 is 1.21.